The molecule has 0 bridgehead atoms. The highest BCUT2D eigenvalue weighted by Crippen LogP contribution is 2.09. The molecule has 0 aliphatic rings. The topological polar surface area (TPSA) is 88.1 Å². The van der Waals surface area contributed by atoms with Gasteiger partial charge in [-0.2, -0.15) is 10.4 Å². The SMILES string of the molecule is CCc1nn(CCOCCO)c(=O)c(C#N)c1CC. The van der Waals surface area contributed by atoms with Gasteiger partial charge in [-0.05, 0) is 18.4 Å². The van der Waals surface area contributed by atoms with Crippen LogP contribution in [0.2, 0.25) is 0 Å². The molecule has 0 unspecified atom stereocenters. The minimum Gasteiger partial charge on any atom is -0.394 e. The van der Waals surface area contributed by atoms with E-state index in [-0.39, 0.29) is 37.5 Å². The molecule has 0 amide bonds. The van der Waals surface area contributed by atoms with Gasteiger partial charge >= 0.3 is 0 Å². The summed E-state index contributed by atoms with van der Waals surface area (Å²) in [4.78, 5) is 12.1. The third-order valence-electron chi connectivity index (χ3n) is 2.82. The van der Waals surface area contributed by atoms with E-state index in [0.29, 0.717) is 12.8 Å². The molecule has 0 aliphatic carbocycles. The molecule has 1 N–H and O–H groups in total. The van der Waals surface area contributed by atoms with Crippen LogP contribution in [0.25, 0.3) is 0 Å². The largest absolute Gasteiger partial charge is 0.394 e. The molecule has 1 rings (SSSR count). The number of rotatable bonds is 7. The number of aromatic nitrogens is 2. The Morgan fingerprint density at radius 3 is 2.63 bits per heavy atom. The number of nitriles is 1. The lowest BCUT2D eigenvalue weighted by molar-refractivity contribution is 0.0845. The van der Waals surface area contributed by atoms with Crippen LogP contribution in [0.5, 0.6) is 0 Å². The van der Waals surface area contributed by atoms with E-state index in [1.54, 1.807) is 0 Å². The predicted octanol–water partition coefficient (Wildman–Crippen LogP) is 0.249. The number of aliphatic hydroxyl groups excluding tert-OH is 1. The zero-order valence-electron chi connectivity index (χ0n) is 11.3. The van der Waals surface area contributed by atoms with Crippen molar-refractivity contribution in [2.24, 2.45) is 0 Å². The van der Waals surface area contributed by atoms with Crippen molar-refractivity contribution in [1.82, 2.24) is 9.78 Å². The van der Waals surface area contributed by atoms with Crippen LogP contribution in [-0.4, -0.2) is 34.7 Å². The first-order chi connectivity index (χ1) is 9.19. The summed E-state index contributed by atoms with van der Waals surface area (Å²) < 4.78 is 6.38. The third-order valence-corrected chi connectivity index (χ3v) is 2.82. The van der Waals surface area contributed by atoms with Crippen molar-refractivity contribution in [3.8, 4) is 6.07 Å². The Morgan fingerprint density at radius 1 is 1.37 bits per heavy atom. The molecule has 1 heterocycles. The maximum absolute atomic E-state index is 12.1. The molecular formula is C13H19N3O3. The van der Waals surface area contributed by atoms with E-state index in [1.807, 2.05) is 19.9 Å². The molecule has 0 aliphatic heterocycles. The molecule has 0 aromatic carbocycles. The average molecular weight is 265 g/mol. The Kier molecular flexibility index (Phi) is 6.19. The van der Waals surface area contributed by atoms with Crippen LogP contribution >= 0.6 is 0 Å². The van der Waals surface area contributed by atoms with Crippen LogP contribution < -0.4 is 5.56 Å². The van der Waals surface area contributed by atoms with Gasteiger partial charge in [-0.1, -0.05) is 13.8 Å². The summed E-state index contributed by atoms with van der Waals surface area (Å²) in [5.41, 5.74) is 1.32. The summed E-state index contributed by atoms with van der Waals surface area (Å²) in [5.74, 6) is 0. The van der Waals surface area contributed by atoms with Crippen molar-refractivity contribution in [3.63, 3.8) is 0 Å². The van der Waals surface area contributed by atoms with Gasteiger partial charge < -0.3 is 9.84 Å². The minimum absolute atomic E-state index is 0.0548. The lowest BCUT2D eigenvalue weighted by Gasteiger charge is -2.11. The van der Waals surface area contributed by atoms with E-state index in [2.05, 4.69) is 5.10 Å². The van der Waals surface area contributed by atoms with Gasteiger partial charge in [-0.25, -0.2) is 4.68 Å². The Labute approximate surface area is 112 Å². The van der Waals surface area contributed by atoms with Crippen LogP contribution in [0.1, 0.15) is 30.7 Å². The lowest BCUT2D eigenvalue weighted by Crippen LogP contribution is -2.30. The number of nitrogens with zero attached hydrogens (tertiary/aromatic N) is 3. The van der Waals surface area contributed by atoms with Gasteiger partial charge in [0.05, 0.1) is 32.1 Å². The van der Waals surface area contributed by atoms with E-state index in [4.69, 9.17) is 15.1 Å². The van der Waals surface area contributed by atoms with Crippen LogP contribution in [0.15, 0.2) is 4.79 Å². The average Bonchev–Trinajstić information content (AvgIpc) is 2.44. The summed E-state index contributed by atoms with van der Waals surface area (Å²) in [7, 11) is 0. The fourth-order valence-corrected chi connectivity index (χ4v) is 1.90. The van der Waals surface area contributed by atoms with Crippen LogP contribution in [0, 0.1) is 11.3 Å². The Hall–Kier alpha value is -1.71. The van der Waals surface area contributed by atoms with Gasteiger partial charge in [0.15, 0.2) is 0 Å². The van der Waals surface area contributed by atoms with Crippen LogP contribution in [0.4, 0.5) is 0 Å². The normalized spacial score (nSPS) is 10.4. The Morgan fingerprint density at radius 2 is 2.11 bits per heavy atom. The molecule has 104 valence electrons. The first-order valence-corrected chi connectivity index (χ1v) is 6.41. The Balaban J connectivity index is 3.06. The Bertz CT molecular complexity index is 517. The highest BCUT2D eigenvalue weighted by molar-refractivity contribution is 5.37. The summed E-state index contributed by atoms with van der Waals surface area (Å²) in [6.45, 7) is 4.59. The van der Waals surface area contributed by atoms with E-state index in [9.17, 15) is 4.79 Å². The molecule has 0 spiro atoms. The van der Waals surface area contributed by atoms with Crippen LogP contribution in [0.3, 0.4) is 0 Å². The third kappa shape index (κ3) is 3.63. The number of aryl methyl sites for hydroxylation is 1. The fourth-order valence-electron chi connectivity index (χ4n) is 1.90. The summed E-state index contributed by atoms with van der Waals surface area (Å²) in [6.07, 6.45) is 1.30. The van der Waals surface area contributed by atoms with Gasteiger partial charge in [-0.3, -0.25) is 4.79 Å². The van der Waals surface area contributed by atoms with Gasteiger partial charge in [-0.15, -0.1) is 0 Å². The molecular weight excluding hydrogens is 246 g/mol. The van der Waals surface area contributed by atoms with Crippen molar-refractivity contribution in [1.29, 1.82) is 5.26 Å². The number of ether oxygens (including phenoxy) is 1. The first-order valence-electron chi connectivity index (χ1n) is 6.41. The molecule has 6 heteroatoms. The summed E-state index contributed by atoms with van der Waals surface area (Å²) in [5, 5.41) is 22.0. The molecule has 6 nitrogen and oxygen atoms in total. The van der Waals surface area contributed by atoms with Gasteiger partial charge in [0.1, 0.15) is 11.6 Å². The number of hydrogen-bond donors (Lipinski definition) is 1. The smallest absolute Gasteiger partial charge is 0.285 e. The highest BCUT2D eigenvalue weighted by Gasteiger charge is 2.14. The van der Waals surface area contributed by atoms with E-state index < -0.39 is 0 Å². The van der Waals surface area contributed by atoms with Gasteiger partial charge in [0, 0.05) is 0 Å². The second-order valence-corrected chi connectivity index (χ2v) is 3.98. The zero-order valence-corrected chi connectivity index (χ0v) is 11.3. The van der Waals surface area contributed by atoms with Crippen molar-refractivity contribution in [2.75, 3.05) is 19.8 Å². The molecule has 1 aromatic heterocycles. The summed E-state index contributed by atoms with van der Waals surface area (Å²) in [6, 6.07) is 1.98. The van der Waals surface area contributed by atoms with Crippen molar-refractivity contribution < 1.29 is 9.84 Å². The monoisotopic (exact) mass is 265 g/mol. The minimum atomic E-state index is -0.371. The zero-order chi connectivity index (χ0) is 14.3. The molecule has 19 heavy (non-hydrogen) atoms. The molecule has 0 saturated heterocycles. The van der Waals surface area contributed by atoms with Crippen molar-refractivity contribution >= 4 is 0 Å². The second kappa shape index (κ2) is 7.67. The van der Waals surface area contributed by atoms with E-state index >= 15 is 0 Å². The molecule has 0 radical (unpaired) electrons. The fraction of sp³-hybridized carbons (Fsp3) is 0.615. The maximum Gasteiger partial charge on any atom is 0.285 e. The van der Waals surface area contributed by atoms with Gasteiger partial charge in [0.25, 0.3) is 5.56 Å². The second-order valence-electron chi connectivity index (χ2n) is 3.98. The molecule has 0 fully saturated rings. The van der Waals surface area contributed by atoms with Gasteiger partial charge in [0.2, 0.25) is 0 Å². The lowest BCUT2D eigenvalue weighted by atomic mass is 10.0. The molecule has 1 aromatic rings. The first kappa shape index (κ1) is 15.3. The maximum atomic E-state index is 12.1. The number of hydrogen-bond acceptors (Lipinski definition) is 5. The van der Waals surface area contributed by atoms with Crippen molar-refractivity contribution in [2.45, 2.75) is 33.2 Å². The quantitative estimate of drug-likeness (QED) is 0.714. The highest BCUT2D eigenvalue weighted by atomic mass is 16.5. The summed E-state index contributed by atoms with van der Waals surface area (Å²) >= 11 is 0. The van der Waals surface area contributed by atoms with Crippen molar-refractivity contribution in [3.05, 3.63) is 27.2 Å². The molecule has 0 saturated carbocycles. The van der Waals surface area contributed by atoms with E-state index in [0.717, 1.165) is 11.3 Å². The predicted molar refractivity (Wildman–Crippen MR) is 69.9 cm³/mol. The van der Waals surface area contributed by atoms with Crippen LogP contribution in [-0.2, 0) is 24.1 Å². The van der Waals surface area contributed by atoms with E-state index in [1.165, 1.54) is 4.68 Å². The molecule has 0 atom stereocenters. The number of aliphatic hydroxyl groups is 1. The standard InChI is InChI=1S/C13H19N3O3/c1-3-10-11(9-14)13(18)16(15-12(10)4-2)5-7-19-8-6-17/h17H,3-8H2,1-2H3.